The molecule has 2 aromatic carbocycles. The van der Waals surface area contributed by atoms with Gasteiger partial charge in [-0.15, -0.1) is 0 Å². The van der Waals surface area contributed by atoms with Gasteiger partial charge in [0, 0.05) is 17.6 Å². The van der Waals surface area contributed by atoms with Gasteiger partial charge >= 0.3 is 0 Å². The average molecular weight is 431 g/mol. The van der Waals surface area contributed by atoms with Crippen LogP contribution in [0.25, 0.3) is 0 Å². The summed E-state index contributed by atoms with van der Waals surface area (Å²) in [4.78, 5) is 27.2. The van der Waals surface area contributed by atoms with Gasteiger partial charge in [-0.25, -0.2) is 0 Å². The Morgan fingerprint density at radius 3 is 2.44 bits per heavy atom. The smallest absolute Gasteiger partial charge is 0.242 e. The number of carbonyl (C=O) groups is 2. The van der Waals surface area contributed by atoms with Gasteiger partial charge in [-0.05, 0) is 36.6 Å². The highest BCUT2D eigenvalue weighted by Crippen LogP contribution is 2.16. The van der Waals surface area contributed by atoms with Crippen LogP contribution >= 0.6 is 15.9 Å². The third kappa shape index (κ3) is 6.83. The first-order valence-electron chi connectivity index (χ1n) is 9.36. The number of nitrogens with zero attached hydrogens (tertiary/aromatic N) is 1. The van der Waals surface area contributed by atoms with E-state index in [9.17, 15) is 9.59 Å². The minimum atomic E-state index is -0.531. The second-order valence-corrected chi connectivity index (χ2v) is 7.55. The zero-order valence-electron chi connectivity index (χ0n) is 16.0. The molecule has 0 aliphatic carbocycles. The quantitative estimate of drug-likeness (QED) is 0.601. The second-order valence-electron chi connectivity index (χ2n) is 6.63. The Hall–Kier alpha value is -2.14. The lowest BCUT2D eigenvalue weighted by molar-refractivity contribution is -0.140. The molecule has 0 unspecified atom stereocenters. The number of unbranched alkanes of at least 4 members (excludes halogenated alkanes) is 1. The molecule has 0 fully saturated rings. The van der Waals surface area contributed by atoms with Crippen LogP contribution in [-0.4, -0.2) is 29.3 Å². The Kier molecular flexibility index (Phi) is 8.52. The summed E-state index contributed by atoms with van der Waals surface area (Å²) in [7, 11) is 0. The number of hydrogen-bond donors (Lipinski definition) is 1. The Balaban J connectivity index is 2.16. The normalized spacial score (nSPS) is 11.7. The number of benzene rings is 2. The minimum absolute atomic E-state index is 0.0562. The van der Waals surface area contributed by atoms with Crippen molar-refractivity contribution in [2.75, 3.05) is 6.54 Å². The zero-order valence-corrected chi connectivity index (χ0v) is 17.5. The maximum Gasteiger partial charge on any atom is 0.242 e. The van der Waals surface area contributed by atoms with Gasteiger partial charge in [0.25, 0.3) is 0 Å². The molecule has 0 spiro atoms. The van der Waals surface area contributed by atoms with Crippen molar-refractivity contribution in [2.45, 2.75) is 45.7 Å². The molecule has 0 aliphatic rings. The van der Waals surface area contributed by atoms with Crippen LogP contribution in [0.15, 0.2) is 59.1 Å². The Morgan fingerprint density at radius 1 is 1.07 bits per heavy atom. The van der Waals surface area contributed by atoms with Gasteiger partial charge in [0.15, 0.2) is 0 Å². The first-order chi connectivity index (χ1) is 13.0. The van der Waals surface area contributed by atoms with Gasteiger partial charge in [0.05, 0.1) is 6.42 Å². The molecule has 4 nitrogen and oxygen atoms in total. The Bertz CT molecular complexity index is 749. The number of hydrogen-bond acceptors (Lipinski definition) is 2. The van der Waals surface area contributed by atoms with Crippen molar-refractivity contribution < 1.29 is 9.59 Å². The molecule has 5 heteroatoms. The molecule has 2 rings (SSSR count). The second kappa shape index (κ2) is 10.9. The lowest BCUT2D eigenvalue weighted by atomic mass is 10.1. The van der Waals surface area contributed by atoms with E-state index in [0.29, 0.717) is 13.1 Å². The van der Waals surface area contributed by atoms with E-state index in [0.717, 1.165) is 28.4 Å². The van der Waals surface area contributed by atoms with E-state index in [1.54, 1.807) is 11.8 Å². The van der Waals surface area contributed by atoms with Crippen LogP contribution < -0.4 is 5.32 Å². The van der Waals surface area contributed by atoms with Crippen LogP contribution in [-0.2, 0) is 22.6 Å². The van der Waals surface area contributed by atoms with Crippen molar-refractivity contribution in [3.05, 3.63) is 70.2 Å². The number of rotatable bonds is 9. The molecule has 0 saturated carbocycles. The monoisotopic (exact) mass is 430 g/mol. The van der Waals surface area contributed by atoms with Crippen LogP contribution in [0.5, 0.6) is 0 Å². The van der Waals surface area contributed by atoms with E-state index >= 15 is 0 Å². The van der Waals surface area contributed by atoms with Gasteiger partial charge in [-0.1, -0.05) is 71.7 Å². The maximum absolute atomic E-state index is 13.0. The van der Waals surface area contributed by atoms with E-state index in [-0.39, 0.29) is 18.2 Å². The van der Waals surface area contributed by atoms with E-state index in [1.807, 2.05) is 54.6 Å². The van der Waals surface area contributed by atoms with Crippen LogP contribution in [0.4, 0.5) is 0 Å². The summed E-state index contributed by atoms with van der Waals surface area (Å²) in [5.41, 5.74) is 1.93. The zero-order chi connectivity index (χ0) is 19.6. The molecule has 0 radical (unpaired) electrons. The molecule has 0 aliphatic heterocycles. The fourth-order valence-corrected chi connectivity index (χ4v) is 3.27. The topological polar surface area (TPSA) is 49.4 Å². The van der Waals surface area contributed by atoms with Crippen molar-refractivity contribution in [1.29, 1.82) is 0 Å². The number of amides is 2. The van der Waals surface area contributed by atoms with Gasteiger partial charge in [-0.3, -0.25) is 9.59 Å². The molecular formula is C22H27BrN2O2. The molecule has 2 aromatic rings. The third-order valence-corrected chi connectivity index (χ3v) is 4.93. The van der Waals surface area contributed by atoms with Gasteiger partial charge in [0.2, 0.25) is 11.8 Å². The summed E-state index contributed by atoms with van der Waals surface area (Å²) >= 11 is 3.47. The Morgan fingerprint density at radius 2 is 1.78 bits per heavy atom. The highest BCUT2D eigenvalue weighted by molar-refractivity contribution is 9.10. The van der Waals surface area contributed by atoms with Crippen molar-refractivity contribution in [3.8, 4) is 0 Å². The maximum atomic E-state index is 13.0. The molecule has 2 amide bonds. The van der Waals surface area contributed by atoms with Crippen molar-refractivity contribution >= 4 is 27.7 Å². The molecule has 27 heavy (non-hydrogen) atoms. The number of halogens is 1. The largest absolute Gasteiger partial charge is 0.354 e. The fraction of sp³-hybridized carbons (Fsp3) is 0.364. The third-order valence-electron chi connectivity index (χ3n) is 4.44. The van der Waals surface area contributed by atoms with Crippen LogP contribution in [0, 0.1) is 0 Å². The van der Waals surface area contributed by atoms with E-state index < -0.39 is 6.04 Å². The summed E-state index contributed by atoms with van der Waals surface area (Å²) in [5.74, 6) is -0.167. The first-order valence-corrected chi connectivity index (χ1v) is 10.2. The van der Waals surface area contributed by atoms with Gasteiger partial charge < -0.3 is 10.2 Å². The van der Waals surface area contributed by atoms with Crippen LogP contribution in [0.3, 0.4) is 0 Å². The lowest BCUT2D eigenvalue weighted by Gasteiger charge is -2.29. The lowest BCUT2D eigenvalue weighted by Crippen LogP contribution is -2.48. The Labute approximate surface area is 170 Å². The fourth-order valence-electron chi connectivity index (χ4n) is 2.82. The molecule has 0 heterocycles. The van der Waals surface area contributed by atoms with E-state index in [2.05, 4.69) is 28.2 Å². The first kappa shape index (κ1) is 21.2. The van der Waals surface area contributed by atoms with Crippen molar-refractivity contribution in [3.63, 3.8) is 0 Å². The summed E-state index contributed by atoms with van der Waals surface area (Å²) in [6.45, 7) is 4.91. The molecule has 0 bridgehead atoms. The summed E-state index contributed by atoms with van der Waals surface area (Å²) in [5, 5.41) is 2.94. The van der Waals surface area contributed by atoms with E-state index in [4.69, 9.17) is 0 Å². The highest BCUT2D eigenvalue weighted by atomic mass is 79.9. The van der Waals surface area contributed by atoms with Crippen molar-refractivity contribution in [2.24, 2.45) is 0 Å². The van der Waals surface area contributed by atoms with Gasteiger partial charge in [0.1, 0.15) is 6.04 Å². The van der Waals surface area contributed by atoms with Gasteiger partial charge in [-0.2, -0.15) is 0 Å². The number of nitrogens with one attached hydrogen (secondary N) is 1. The SMILES string of the molecule is CCCCNC(=O)[C@@H](C)N(Cc1cccc(Br)c1)C(=O)Cc1ccccc1. The van der Waals surface area contributed by atoms with E-state index in [1.165, 1.54) is 0 Å². The minimum Gasteiger partial charge on any atom is -0.354 e. The summed E-state index contributed by atoms with van der Waals surface area (Å²) in [6.07, 6.45) is 2.23. The predicted octanol–water partition coefficient (Wildman–Crippen LogP) is 4.33. The van der Waals surface area contributed by atoms with Crippen molar-refractivity contribution in [1.82, 2.24) is 10.2 Å². The molecule has 1 atom stereocenters. The highest BCUT2D eigenvalue weighted by Gasteiger charge is 2.26. The predicted molar refractivity (Wildman–Crippen MR) is 112 cm³/mol. The average Bonchev–Trinajstić information content (AvgIpc) is 2.66. The standard InChI is InChI=1S/C22H27BrN2O2/c1-3-4-13-24-22(27)17(2)25(16-19-11-8-12-20(23)14-19)21(26)15-18-9-6-5-7-10-18/h5-12,14,17H,3-4,13,15-16H2,1-2H3,(H,24,27)/t17-/m1/s1. The van der Waals surface area contributed by atoms with Crippen LogP contribution in [0.1, 0.15) is 37.8 Å². The number of carbonyl (C=O) groups excluding carboxylic acids is 2. The summed E-state index contributed by atoms with van der Waals surface area (Å²) in [6, 6.07) is 16.9. The summed E-state index contributed by atoms with van der Waals surface area (Å²) < 4.78 is 0.954. The molecule has 0 aromatic heterocycles. The van der Waals surface area contributed by atoms with Crippen LogP contribution in [0.2, 0.25) is 0 Å². The molecule has 1 N–H and O–H groups in total. The molecular weight excluding hydrogens is 404 g/mol. The molecule has 0 saturated heterocycles. The molecule has 144 valence electrons.